The highest BCUT2D eigenvalue weighted by molar-refractivity contribution is 9.10. The maximum atomic E-state index is 12.0. The number of aliphatic hydroxyl groups excluding tert-OH is 1. The fourth-order valence-electron chi connectivity index (χ4n) is 2.25. The minimum Gasteiger partial charge on any atom is -0.394 e. The van der Waals surface area contributed by atoms with Crippen molar-refractivity contribution in [3.63, 3.8) is 0 Å². The lowest BCUT2D eigenvalue weighted by molar-refractivity contribution is -0.126. The number of halogens is 1. The van der Waals surface area contributed by atoms with Gasteiger partial charge in [-0.3, -0.25) is 4.79 Å². The Kier molecular flexibility index (Phi) is 3.64. The molecule has 4 nitrogen and oxygen atoms in total. The predicted octanol–water partition coefficient (Wildman–Crippen LogP) is 1.52. The molecule has 0 saturated carbocycles. The highest BCUT2D eigenvalue weighted by atomic mass is 79.9. The molecule has 98 valence electrons. The molecule has 0 aliphatic carbocycles. The first-order chi connectivity index (χ1) is 8.44. The summed E-state index contributed by atoms with van der Waals surface area (Å²) in [5, 5.41) is 12.4. The number of rotatable bonds is 2. The molecule has 1 aromatic rings. The topological polar surface area (TPSA) is 52.6 Å². The van der Waals surface area contributed by atoms with Crippen molar-refractivity contribution in [2.24, 2.45) is 0 Å². The molecule has 5 heteroatoms. The third-order valence-electron chi connectivity index (χ3n) is 3.04. The van der Waals surface area contributed by atoms with Crippen LogP contribution >= 0.6 is 15.9 Å². The molecule has 2 rings (SSSR count). The molecule has 1 unspecified atom stereocenters. The van der Waals surface area contributed by atoms with E-state index in [1.54, 1.807) is 0 Å². The largest absolute Gasteiger partial charge is 0.394 e. The van der Waals surface area contributed by atoms with Gasteiger partial charge in [-0.05, 0) is 41.9 Å². The highest BCUT2D eigenvalue weighted by Gasteiger charge is 2.38. The van der Waals surface area contributed by atoms with E-state index in [2.05, 4.69) is 21.2 Å². The van der Waals surface area contributed by atoms with Gasteiger partial charge in [0, 0.05) is 11.0 Å². The summed E-state index contributed by atoms with van der Waals surface area (Å²) in [6.07, 6.45) is 0. The van der Waals surface area contributed by atoms with Crippen LogP contribution in [0.25, 0.3) is 0 Å². The first-order valence-electron chi connectivity index (χ1n) is 5.89. The number of para-hydroxylation sites is 1. The molecule has 0 spiro atoms. The highest BCUT2D eigenvalue weighted by Crippen LogP contribution is 2.30. The van der Waals surface area contributed by atoms with Crippen LogP contribution in [-0.2, 0) is 4.79 Å². The molecule has 1 fully saturated rings. The molecule has 0 aromatic heterocycles. The Bertz CT molecular complexity index is 462. The van der Waals surface area contributed by atoms with Crippen molar-refractivity contribution < 1.29 is 9.90 Å². The fraction of sp³-hybridized carbons (Fsp3) is 0.462. The van der Waals surface area contributed by atoms with Gasteiger partial charge in [-0.2, -0.15) is 0 Å². The van der Waals surface area contributed by atoms with Crippen LogP contribution in [0.1, 0.15) is 13.8 Å². The normalized spacial score (nSPS) is 22.8. The van der Waals surface area contributed by atoms with Crippen LogP contribution in [0, 0.1) is 0 Å². The molecule has 0 bridgehead atoms. The second-order valence-corrected chi connectivity index (χ2v) is 6.01. The number of aliphatic hydroxyl groups is 1. The smallest absolute Gasteiger partial charge is 0.245 e. The number of amides is 1. The van der Waals surface area contributed by atoms with Gasteiger partial charge in [0.15, 0.2) is 0 Å². The molecule has 1 amide bonds. The van der Waals surface area contributed by atoms with Gasteiger partial charge < -0.3 is 15.3 Å². The van der Waals surface area contributed by atoms with Gasteiger partial charge >= 0.3 is 0 Å². The van der Waals surface area contributed by atoms with Gasteiger partial charge in [0.1, 0.15) is 6.04 Å². The molecule has 1 saturated heterocycles. The Morgan fingerprint density at radius 1 is 1.50 bits per heavy atom. The second kappa shape index (κ2) is 4.90. The maximum absolute atomic E-state index is 12.0. The SMILES string of the molecule is CC1(C)CN(c2ccccc2Br)C(CO)C(=O)N1. The number of hydrogen-bond acceptors (Lipinski definition) is 3. The van der Waals surface area contributed by atoms with Gasteiger partial charge in [0.05, 0.1) is 17.8 Å². The van der Waals surface area contributed by atoms with Crippen molar-refractivity contribution in [2.45, 2.75) is 25.4 Å². The second-order valence-electron chi connectivity index (χ2n) is 5.15. The van der Waals surface area contributed by atoms with Crippen LogP contribution in [0.2, 0.25) is 0 Å². The van der Waals surface area contributed by atoms with Gasteiger partial charge in [0.25, 0.3) is 0 Å². The van der Waals surface area contributed by atoms with Crippen molar-refractivity contribution in [1.82, 2.24) is 5.32 Å². The van der Waals surface area contributed by atoms with Crippen LogP contribution in [0.5, 0.6) is 0 Å². The van der Waals surface area contributed by atoms with Crippen molar-refractivity contribution in [2.75, 3.05) is 18.1 Å². The van der Waals surface area contributed by atoms with E-state index < -0.39 is 6.04 Å². The lowest BCUT2D eigenvalue weighted by atomic mass is 9.97. The number of hydrogen-bond donors (Lipinski definition) is 2. The summed E-state index contributed by atoms with van der Waals surface area (Å²) in [5.74, 6) is -0.135. The molecule has 2 N–H and O–H groups in total. The molecule has 1 aromatic carbocycles. The Morgan fingerprint density at radius 3 is 2.78 bits per heavy atom. The van der Waals surface area contributed by atoms with E-state index in [1.807, 2.05) is 43.0 Å². The van der Waals surface area contributed by atoms with Crippen LogP contribution in [0.3, 0.4) is 0 Å². The van der Waals surface area contributed by atoms with Crippen molar-refractivity contribution >= 4 is 27.5 Å². The minimum absolute atomic E-state index is 0.135. The molecule has 0 radical (unpaired) electrons. The first-order valence-corrected chi connectivity index (χ1v) is 6.68. The van der Waals surface area contributed by atoms with E-state index in [9.17, 15) is 9.90 Å². The molecule has 1 aliphatic rings. The number of nitrogens with zero attached hydrogens (tertiary/aromatic N) is 1. The molecule has 18 heavy (non-hydrogen) atoms. The summed E-state index contributed by atoms with van der Waals surface area (Å²) < 4.78 is 0.925. The van der Waals surface area contributed by atoms with Crippen LogP contribution in [0.4, 0.5) is 5.69 Å². The summed E-state index contributed by atoms with van der Waals surface area (Å²) in [5.41, 5.74) is 0.623. The number of benzene rings is 1. The monoisotopic (exact) mass is 312 g/mol. The quantitative estimate of drug-likeness (QED) is 0.870. The summed E-state index contributed by atoms with van der Waals surface area (Å²) in [6.45, 7) is 4.42. The zero-order valence-corrected chi connectivity index (χ0v) is 12.1. The zero-order chi connectivity index (χ0) is 13.3. The van der Waals surface area contributed by atoms with E-state index in [0.717, 1.165) is 10.2 Å². The average Bonchev–Trinajstić information content (AvgIpc) is 2.27. The molecule has 1 aliphatic heterocycles. The Labute approximate surface area is 115 Å². The van der Waals surface area contributed by atoms with E-state index in [4.69, 9.17) is 0 Å². The van der Waals surface area contributed by atoms with Gasteiger partial charge in [-0.15, -0.1) is 0 Å². The van der Waals surface area contributed by atoms with Crippen LogP contribution in [0.15, 0.2) is 28.7 Å². The first kappa shape index (κ1) is 13.4. The Hall–Kier alpha value is -1.07. The van der Waals surface area contributed by atoms with Crippen LogP contribution in [-0.4, -0.2) is 35.7 Å². The molecular weight excluding hydrogens is 296 g/mol. The van der Waals surface area contributed by atoms with Gasteiger partial charge in [-0.25, -0.2) is 0 Å². The van der Waals surface area contributed by atoms with E-state index in [-0.39, 0.29) is 18.1 Å². The van der Waals surface area contributed by atoms with Gasteiger partial charge in [-0.1, -0.05) is 12.1 Å². The zero-order valence-electron chi connectivity index (χ0n) is 10.5. The predicted molar refractivity (Wildman–Crippen MR) is 74.6 cm³/mol. The fourth-order valence-corrected chi connectivity index (χ4v) is 2.77. The molecular formula is C13H17BrN2O2. The number of anilines is 1. The van der Waals surface area contributed by atoms with Crippen LogP contribution < -0.4 is 10.2 Å². The summed E-state index contributed by atoms with van der Waals surface area (Å²) >= 11 is 3.49. The number of carbonyl (C=O) groups is 1. The maximum Gasteiger partial charge on any atom is 0.245 e. The van der Waals surface area contributed by atoms with Crippen molar-refractivity contribution in [3.8, 4) is 0 Å². The van der Waals surface area contributed by atoms with E-state index in [0.29, 0.717) is 6.54 Å². The standard InChI is InChI=1S/C13H17BrN2O2/c1-13(2)8-16(11(7-17)12(18)15-13)10-6-4-3-5-9(10)14/h3-6,11,17H,7-8H2,1-2H3,(H,15,18). The Morgan fingerprint density at radius 2 is 2.17 bits per heavy atom. The lowest BCUT2D eigenvalue weighted by Crippen LogP contribution is -2.66. The number of piperazine rings is 1. The molecule has 1 atom stereocenters. The number of carbonyl (C=O) groups excluding carboxylic acids is 1. The molecule has 1 heterocycles. The van der Waals surface area contributed by atoms with Crippen molar-refractivity contribution in [1.29, 1.82) is 0 Å². The minimum atomic E-state index is -0.531. The van der Waals surface area contributed by atoms with E-state index >= 15 is 0 Å². The summed E-state index contributed by atoms with van der Waals surface area (Å²) in [7, 11) is 0. The van der Waals surface area contributed by atoms with Gasteiger partial charge in [0.2, 0.25) is 5.91 Å². The average molecular weight is 313 g/mol. The summed E-state index contributed by atoms with van der Waals surface area (Å²) in [4.78, 5) is 14.0. The third kappa shape index (κ3) is 2.52. The number of nitrogens with one attached hydrogen (secondary N) is 1. The lowest BCUT2D eigenvalue weighted by Gasteiger charge is -2.44. The van der Waals surface area contributed by atoms with Crippen molar-refractivity contribution in [3.05, 3.63) is 28.7 Å². The Balaban J connectivity index is 2.39. The third-order valence-corrected chi connectivity index (χ3v) is 3.71. The summed E-state index contributed by atoms with van der Waals surface area (Å²) in [6, 6.07) is 7.20. The van der Waals surface area contributed by atoms with E-state index in [1.165, 1.54) is 0 Å².